The molecule has 3 aromatic carbocycles. The van der Waals surface area contributed by atoms with Crippen LogP contribution in [0.15, 0.2) is 72.8 Å². The highest BCUT2D eigenvalue weighted by Gasteiger charge is 2.18. The van der Waals surface area contributed by atoms with Gasteiger partial charge in [0.25, 0.3) is 5.69 Å². The number of benzene rings is 3. The van der Waals surface area contributed by atoms with E-state index < -0.39 is 4.92 Å². The first-order chi connectivity index (χ1) is 11.6. The van der Waals surface area contributed by atoms with Crippen LogP contribution in [0.25, 0.3) is 11.1 Å². The zero-order valence-electron chi connectivity index (χ0n) is 12.8. The van der Waals surface area contributed by atoms with Crippen molar-refractivity contribution in [1.82, 2.24) is 0 Å². The molecule has 3 aromatic rings. The summed E-state index contributed by atoms with van der Waals surface area (Å²) in [5.41, 5.74) is 1.98. The predicted molar refractivity (Wildman–Crippen MR) is 91.0 cm³/mol. The van der Waals surface area contributed by atoms with Gasteiger partial charge in [0, 0.05) is 17.7 Å². The Hall–Kier alpha value is -3.34. The van der Waals surface area contributed by atoms with Crippen molar-refractivity contribution in [2.45, 2.75) is 6.61 Å². The number of hydrogen-bond donors (Lipinski definition) is 1. The highest BCUT2D eigenvalue weighted by atomic mass is 16.6. The second kappa shape index (κ2) is 6.83. The molecule has 0 aliphatic rings. The van der Waals surface area contributed by atoms with E-state index in [4.69, 9.17) is 4.74 Å². The Morgan fingerprint density at radius 3 is 2.38 bits per heavy atom. The standard InChI is InChI=1S/C19H15NO4/c21-15-10-11-17(16-8-4-5-9-18(16)20(22)23)19(12-15)24-13-14-6-2-1-3-7-14/h1-12,21H,13H2. The Balaban J connectivity index is 1.99. The first kappa shape index (κ1) is 15.6. The predicted octanol–water partition coefficient (Wildman–Crippen LogP) is 4.55. The average molecular weight is 321 g/mol. The summed E-state index contributed by atoms with van der Waals surface area (Å²) in [6.45, 7) is 0.303. The summed E-state index contributed by atoms with van der Waals surface area (Å²) in [6.07, 6.45) is 0. The van der Waals surface area contributed by atoms with Crippen LogP contribution in [0.1, 0.15) is 5.56 Å². The molecule has 5 nitrogen and oxygen atoms in total. The molecule has 0 aromatic heterocycles. The fraction of sp³-hybridized carbons (Fsp3) is 0.0526. The Labute approximate surface area is 138 Å². The van der Waals surface area contributed by atoms with Gasteiger partial charge in [0.1, 0.15) is 18.1 Å². The van der Waals surface area contributed by atoms with E-state index in [0.29, 0.717) is 23.5 Å². The van der Waals surface area contributed by atoms with Crippen LogP contribution in [0.4, 0.5) is 5.69 Å². The van der Waals surface area contributed by atoms with E-state index in [-0.39, 0.29) is 11.4 Å². The average Bonchev–Trinajstić information content (AvgIpc) is 2.61. The fourth-order valence-corrected chi connectivity index (χ4v) is 2.45. The van der Waals surface area contributed by atoms with Crippen molar-refractivity contribution in [1.29, 1.82) is 0 Å². The largest absolute Gasteiger partial charge is 0.508 e. The lowest BCUT2D eigenvalue weighted by Crippen LogP contribution is -1.98. The Morgan fingerprint density at radius 2 is 1.62 bits per heavy atom. The second-order valence-corrected chi connectivity index (χ2v) is 5.23. The van der Waals surface area contributed by atoms with Crippen molar-refractivity contribution < 1.29 is 14.8 Å². The molecule has 5 heteroatoms. The van der Waals surface area contributed by atoms with Gasteiger partial charge in [0.05, 0.1) is 10.5 Å². The lowest BCUT2D eigenvalue weighted by molar-refractivity contribution is -0.384. The van der Waals surface area contributed by atoms with E-state index in [9.17, 15) is 15.2 Å². The summed E-state index contributed by atoms with van der Waals surface area (Å²) in [4.78, 5) is 10.8. The minimum Gasteiger partial charge on any atom is -0.508 e. The van der Waals surface area contributed by atoms with E-state index in [1.54, 1.807) is 24.3 Å². The zero-order chi connectivity index (χ0) is 16.9. The van der Waals surface area contributed by atoms with Crippen LogP contribution in [0.3, 0.4) is 0 Å². The highest BCUT2D eigenvalue weighted by molar-refractivity contribution is 5.78. The monoisotopic (exact) mass is 321 g/mol. The molecule has 0 saturated heterocycles. The summed E-state index contributed by atoms with van der Waals surface area (Å²) in [5, 5.41) is 21.0. The molecule has 120 valence electrons. The lowest BCUT2D eigenvalue weighted by atomic mass is 10.0. The molecule has 0 aliphatic carbocycles. The fourth-order valence-electron chi connectivity index (χ4n) is 2.45. The maximum Gasteiger partial charge on any atom is 0.277 e. The number of nitrogens with zero attached hydrogens (tertiary/aromatic N) is 1. The summed E-state index contributed by atoms with van der Waals surface area (Å²) in [5.74, 6) is 0.438. The number of nitro benzene ring substituents is 1. The zero-order valence-corrected chi connectivity index (χ0v) is 12.8. The van der Waals surface area contributed by atoms with Gasteiger partial charge in [-0.2, -0.15) is 0 Å². The molecular weight excluding hydrogens is 306 g/mol. The van der Waals surface area contributed by atoms with Gasteiger partial charge in [-0.1, -0.05) is 42.5 Å². The van der Waals surface area contributed by atoms with Crippen LogP contribution in [-0.4, -0.2) is 10.0 Å². The smallest absolute Gasteiger partial charge is 0.277 e. The maximum absolute atomic E-state index is 11.3. The number of nitro groups is 1. The number of rotatable bonds is 5. The van der Waals surface area contributed by atoms with Crippen molar-refractivity contribution in [3.63, 3.8) is 0 Å². The van der Waals surface area contributed by atoms with Crippen molar-refractivity contribution in [3.8, 4) is 22.6 Å². The van der Waals surface area contributed by atoms with Gasteiger partial charge < -0.3 is 9.84 Å². The molecule has 0 aliphatic heterocycles. The first-order valence-electron chi connectivity index (χ1n) is 7.38. The van der Waals surface area contributed by atoms with E-state index in [1.807, 2.05) is 30.3 Å². The molecule has 0 saturated carbocycles. The molecule has 24 heavy (non-hydrogen) atoms. The van der Waals surface area contributed by atoms with Gasteiger partial charge in [-0.25, -0.2) is 0 Å². The van der Waals surface area contributed by atoms with Crippen molar-refractivity contribution in [3.05, 3.63) is 88.5 Å². The molecule has 0 radical (unpaired) electrons. The number of para-hydroxylation sites is 1. The summed E-state index contributed by atoms with van der Waals surface area (Å²) >= 11 is 0. The number of phenols is 1. The SMILES string of the molecule is O=[N+]([O-])c1ccccc1-c1ccc(O)cc1OCc1ccccc1. The highest BCUT2D eigenvalue weighted by Crippen LogP contribution is 2.38. The van der Waals surface area contributed by atoms with Crippen LogP contribution in [0.5, 0.6) is 11.5 Å². The quantitative estimate of drug-likeness (QED) is 0.553. The van der Waals surface area contributed by atoms with E-state index in [2.05, 4.69) is 0 Å². The van der Waals surface area contributed by atoms with Crippen LogP contribution in [-0.2, 0) is 6.61 Å². The van der Waals surface area contributed by atoms with Gasteiger partial charge in [0.15, 0.2) is 0 Å². The maximum atomic E-state index is 11.3. The van der Waals surface area contributed by atoms with Crippen molar-refractivity contribution in [2.75, 3.05) is 0 Å². The second-order valence-electron chi connectivity index (χ2n) is 5.23. The number of phenolic OH excluding ortho intramolecular Hbond substituents is 1. The number of ether oxygens (including phenoxy) is 1. The molecule has 1 N–H and O–H groups in total. The molecular formula is C19H15NO4. The van der Waals surface area contributed by atoms with E-state index in [0.717, 1.165) is 5.56 Å². The number of hydrogen-bond acceptors (Lipinski definition) is 4. The van der Waals surface area contributed by atoms with Gasteiger partial charge in [-0.3, -0.25) is 10.1 Å². The molecule has 0 heterocycles. The molecule has 0 spiro atoms. The normalized spacial score (nSPS) is 10.3. The molecule has 0 atom stereocenters. The van der Waals surface area contributed by atoms with Gasteiger partial charge in [0.2, 0.25) is 0 Å². The molecule has 0 bridgehead atoms. The van der Waals surface area contributed by atoms with Crippen molar-refractivity contribution >= 4 is 5.69 Å². The minimum atomic E-state index is -0.427. The molecule has 0 unspecified atom stereocenters. The summed E-state index contributed by atoms with van der Waals surface area (Å²) < 4.78 is 5.81. The van der Waals surface area contributed by atoms with Crippen molar-refractivity contribution in [2.24, 2.45) is 0 Å². The van der Waals surface area contributed by atoms with Gasteiger partial charge >= 0.3 is 0 Å². The molecule has 3 rings (SSSR count). The summed E-state index contributed by atoms with van der Waals surface area (Å²) in [6, 6.07) is 20.6. The van der Waals surface area contributed by atoms with E-state index in [1.165, 1.54) is 18.2 Å². The van der Waals surface area contributed by atoms with Gasteiger partial charge in [-0.05, 0) is 23.8 Å². The topological polar surface area (TPSA) is 72.6 Å². The van der Waals surface area contributed by atoms with Crippen LogP contribution in [0.2, 0.25) is 0 Å². The van der Waals surface area contributed by atoms with Crippen LogP contribution in [0, 0.1) is 10.1 Å². The number of aromatic hydroxyl groups is 1. The van der Waals surface area contributed by atoms with Crippen LogP contribution < -0.4 is 4.74 Å². The lowest BCUT2D eigenvalue weighted by Gasteiger charge is -2.12. The third-order valence-corrected chi connectivity index (χ3v) is 3.59. The summed E-state index contributed by atoms with van der Waals surface area (Å²) in [7, 11) is 0. The Morgan fingerprint density at radius 1 is 0.917 bits per heavy atom. The van der Waals surface area contributed by atoms with Crippen LogP contribution >= 0.6 is 0 Å². The Kier molecular flexibility index (Phi) is 4.43. The Bertz CT molecular complexity index is 862. The minimum absolute atomic E-state index is 0.00671. The molecule has 0 amide bonds. The third-order valence-electron chi connectivity index (χ3n) is 3.59. The third kappa shape index (κ3) is 3.35. The van der Waals surface area contributed by atoms with Gasteiger partial charge in [-0.15, -0.1) is 0 Å². The first-order valence-corrected chi connectivity index (χ1v) is 7.38. The van der Waals surface area contributed by atoms with E-state index >= 15 is 0 Å². The molecule has 0 fully saturated rings.